The van der Waals surface area contributed by atoms with Crippen molar-refractivity contribution in [1.82, 2.24) is 10.2 Å². The first-order valence-corrected chi connectivity index (χ1v) is 8.61. The molecule has 1 heterocycles. The lowest BCUT2D eigenvalue weighted by Crippen LogP contribution is -2.43. The summed E-state index contributed by atoms with van der Waals surface area (Å²) in [6.45, 7) is 1.84. The molecule has 6 heteroatoms. The van der Waals surface area contributed by atoms with Gasteiger partial charge in [-0.05, 0) is 31.4 Å². The molecule has 0 radical (unpaired) electrons. The van der Waals surface area contributed by atoms with Gasteiger partial charge in [0.1, 0.15) is 0 Å². The highest BCUT2D eigenvalue weighted by molar-refractivity contribution is 6.41. The van der Waals surface area contributed by atoms with Crippen molar-refractivity contribution in [3.8, 4) is 0 Å². The number of para-hydroxylation sites is 1. The van der Waals surface area contributed by atoms with E-state index in [1.807, 2.05) is 0 Å². The van der Waals surface area contributed by atoms with Crippen LogP contribution in [-0.4, -0.2) is 41.9 Å². The number of rotatable bonds is 3. The van der Waals surface area contributed by atoms with Crippen LogP contribution < -0.4 is 10.6 Å². The number of nitrogens with one attached hydrogen (secondary N) is 2. The van der Waals surface area contributed by atoms with Crippen LogP contribution in [0.1, 0.15) is 32.1 Å². The molecule has 124 valence electrons. The minimum absolute atomic E-state index is 0.0556. The van der Waals surface area contributed by atoms with Gasteiger partial charge in [0.2, 0.25) is 0 Å². The summed E-state index contributed by atoms with van der Waals surface area (Å²) in [4.78, 5) is 26.5. The van der Waals surface area contributed by atoms with Crippen LogP contribution in [0.15, 0.2) is 24.3 Å². The second kappa shape index (κ2) is 7.32. The Kier molecular flexibility index (Phi) is 5.18. The van der Waals surface area contributed by atoms with E-state index in [1.165, 1.54) is 25.7 Å². The Morgan fingerprint density at radius 1 is 1.09 bits per heavy atom. The Morgan fingerprint density at radius 2 is 1.83 bits per heavy atom. The molecule has 1 aliphatic heterocycles. The molecule has 1 aromatic rings. The number of carbonyl (C=O) groups is 2. The Bertz CT molecular complexity index is 587. The van der Waals surface area contributed by atoms with Crippen LogP contribution in [0.3, 0.4) is 0 Å². The van der Waals surface area contributed by atoms with Crippen molar-refractivity contribution in [3.63, 3.8) is 0 Å². The van der Waals surface area contributed by atoms with E-state index in [1.54, 1.807) is 24.3 Å². The maximum atomic E-state index is 12.1. The molecule has 0 unspecified atom stereocenters. The summed E-state index contributed by atoms with van der Waals surface area (Å²) in [5.74, 6) is -1.26. The van der Waals surface area contributed by atoms with Gasteiger partial charge in [-0.15, -0.1) is 0 Å². The summed E-state index contributed by atoms with van der Waals surface area (Å²) >= 11 is 5.98. The molecule has 5 nitrogen and oxygen atoms in total. The molecular formula is C17H22ClN3O2. The van der Waals surface area contributed by atoms with Gasteiger partial charge in [0.05, 0.1) is 10.7 Å². The smallest absolute Gasteiger partial charge is 0.313 e. The zero-order valence-electron chi connectivity index (χ0n) is 13.1. The number of amides is 2. The van der Waals surface area contributed by atoms with Crippen LogP contribution in [0.25, 0.3) is 0 Å². The molecule has 0 spiro atoms. The van der Waals surface area contributed by atoms with E-state index in [0.717, 1.165) is 19.5 Å². The monoisotopic (exact) mass is 335 g/mol. The lowest BCUT2D eigenvalue weighted by Gasteiger charge is -2.23. The lowest BCUT2D eigenvalue weighted by molar-refractivity contribution is -0.136. The van der Waals surface area contributed by atoms with Gasteiger partial charge < -0.3 is 10.6 Å². The summed E-state index contributed by atoms with van der Waals surface area (Å²) < 4.78 is 0. The molecule has 2 amide bonds. The van der Waals surface area contributed by atoms with Gasteiger partial charge in [-0.1, -0.05) is 36.6 Å². The summed E-state index contributed by atoms with van der Waals surface area (Å²) in [5.41, 5.74) is 0.452. The largest absolute Gasteiger partial charge is 0.344 e. The molecule has 1 aromatic carbocycles. The average Bonchev–Trinajstić information content (AvgIpc) is 3.20. The van der Waals surface area contributed by atoms with Crippen LogP contribution >= 0.6 is 11.6 Å². The number of nitrogens with zero attached hydrogens (tertiary/aromatic N) is 1. The van der Waals surface area contributed by atoms with Gasteiger partial charge >= 0.3 is 11.8 Å². The maximum Gasteiger partial charge on any atom is 0.313 e. The van der Waals surface area contributed by atoms with E-state index >= 15 is 0 Å². The normalized spacial score (nSPS) is 22.2. The van der Waals surface area contributed by atoms with Crippen molar-refractivity contribution in [2.75, 3.05) is 18.4 Å². The molecule has 1 atom stereocenters. The van der Waals surface area contributed by atoms with E-state index in [9.17, 15) is 9.59 Å². The maximum absolute atomic E-state index is 12.1. The molecular weight excluding hydrogens is 314 g/mol. The lowest BCUT2D eigenvalue weighted by atomic mass is 10.2. The SMILES string of the molecule is O=C(Nc1ccccc1Cl)C(=O)N[C@H]1CCN(C2CCCC2)C1. The zero-order chi connectivity index (χ0) is 16.2. The van der Waals surface area contributed by atoms with Crippen LogP contribution in [0, 0.1) is 0 Å². The fourth-order valence-corrected chi connectivity index (χ4v) is 3.68. The first kappa shape index (κ1) is 16.3. The molecule has 0 aromatic heterocycles. The van der Waals surface area contributed by atoms with Crippen LogP contribution in [0.4, 0.5) is 5.69 Å². The van der Waals surface area contributed by atoms with Crippen molar-refractivity contribution in [3.05, 3.63) is 29.3 Å². The van der Waals surface area contributed by atoms with E-state index < -0.39 is 11.8 Å². The minimum atomic E-state index is -0.669. The number of benzene rings is 1. The minimum Gasteiger partial charge on any atom is -0.344 e. The Labute approximate surface area is 141 Å². The Balaban J connectivity index is 1.49. The molecule has 1 saturated heterocycles. The first-order valence-electron chi connectivity index (χ1n) is 8.24. The van der Waals surface area contributed by atoms with Crippen molar-refractivity contribution < 1.29 is 9.59 Å². The highest BCUT2D eigenvalue weighted by Gasteiger charge is 2.31. The number of carbonyl (C=O) groups excluding carboxylic acids is 2. The average molecular weight is 336 g/mol. The summed E-state index contributed by atoms with van der Waals surface area (Å²) in [6, 6.07) is 7.59. The molecule has 2 aliphatic rings. The Morgan fingerprint density at radius 3 is 2.57 bits per heavy atom. The van der Waals surface area contributed by atoms with Gasteiger partial charge in [-0.3, -0.25) is 14.5 Å². The van der Waals surface area contributed by atoms with Gasteiger partial charge in [-0.2, -0.15) is 0 Å². The molecule has 1 saturated carbocycles. The van der Waals surface area contributed by atoms with Crippen LogP contribution in [-0.2, 0) is 9.59 Å². The van der Waals surface area contributed by atoms with Crippen LogP contribution in [0.5, 0.6) is 0 Å². The molecule has 0 bridgehead atoms. The van der Waals surface area contributed by atoms with E-state index in [0.29, 0.717) is 16.8 Å². The second-order valence-electron chi connectivity index (χ2n) is 6.33. The molecule has 2 N–H and O–H groups in total. The highest BCUT2D eigenvalue weighted by atomic mass is 35.5. The number of hydrogen-bond acceptors (Lipinski definition) is 3. The van der Waals surface area contributed by atoms with Gasteiger partial charge in [-0.25, -0.2) is 0 Å². The molecule has 3 rings (SSSR count). The number of likely N-dealkylation sites (tertiary alicyclic amines) is 1. The topological polar surface area (TPSA) is 61.4 Å². The fraction of sp³-hybridized carbons (Fsp3) is 0.529. The quantitative estimate of drug-likeness (QED) is 0.834. The number of halogens is 1. The van der Waals surface area contributed by atoms with Crippen LogP contribution in [0.2, 0.25) is 5.02 Å². The second-order valence-corrected chi connectivity index (χ2v) is 6.73. The van der Waals surface area contributed by atoms with E-state index in [4.69, 9.17) is 11.6 Å². The number of hydrogen-bond donors (Lipinski definition) is 2. The Hall–Kier alpha value is -1.59. The van der Waals surface area contributed by atoms with Gasteiger partial charge in [0.25, 0.3) is 0 Å². The highest BCUT2D eigenvalue weighted by Crippen LogP contribution is 2.26. The molecule has 1 aliphatic carbocycles. The molecule has 23 heavy (non-hydrogen) atoms. The summed E-state index contributed by atoms with van der Waals surface area (Å²) in [6.07, 6.45) is 6.03. The van der Waals surface area contributed by atoms with E-state index in [-0.39, 0.29) is 6.04 Å². The first-order chi connectivity index (χ1) is 11.1. The predicted octanol–water partition coefficient (Wildman–Crippen LogP) is 2.41. The molecule has 2 fully saturated rings. The standard InChI is InChI=1S/C17H22ClN3O2/c18-14-7-3-4-8-15(14)20-17(23)16(22)19-12-9-10-21(11-12)13-5-1-2-6-13/h3-4,7-8,12-13H,1-2,5-6,9-11H2,(H,19,22)(H,20,23)/t12-/m0/s1. The third-order valence-electron chi connectivity index (χ3n) is 4.72. The van der Waals surface area contributed by atoms with Crippen molar-refractivity contribution in [1.29, 1.82) is 0 Å². The van der Waals surface area contributed by atoms with Crippen molar-refractivity contribution in [2.45, 2.75) is 44.2 Å². The third-order valence-corrected chi connectivity index (χ3v) is 5.05. The third kappa shape index (κ3) is 4.03. The summed E-state index contributed by atoms with van der Waals surface area (Å²) in [7, 11) is 0. The number of anilines is 1. The van der Waals surface area contributed by atoms with Gasteiger partial charge in [0.15, 0.2) is 0 Å². The predicted molar refractivity (Wildman–Crippen MR) is 90.5 cm³/mol. The van der Waals surface area contributed by atoms with Crippen molar-refractivity contribution >= 4 is 29.1 Å². The van der Waals surface area contributed by atoms with Gasteiger partial charge in [0, 0.05) is 25.2 Å². The van der Waals surface area contributed by atoms with Crippen molar-refractivity contribution in [2.24, 2.45) is 0 Å². The van der Waals surface area contributed by atoms with E-state index in [2.05, 4.69) is 15.5 Å². The zero-order valence-corrected chi connectivity index (χ0v) is 13.8. The fourth-order valence-electron chi connectivity index (χ4n) is 3.50. The summed E-state index contributed by atoms with van der Waals surface area (Å²) in [5, 5.41) is 5.81.